The van der Waals surface area contributed by atoms with Gasteiger partial charge in [-0.15, -0.1) is 11.3 Å². The predicted molar refractivity (Wildman–Crippen MR) is 300 cm³/mol. The second-order valence-electron chi connectivity index (χ2n) is 20.9. The highest BCUT2D eigenvalue weighted by atomic mass is 32.1. The van der Waals surface area contributed by atoms with E-state index in [2.05, 4.69) is 43.4 Å². The molecule has 406 valence electrons. The monoisotopic (exact) mass is 1120 g/mol. The van der Waals surface area contributed by atoms with E-state index in [1.807, 2.05) is 43.0 Å². The molecule has 4 aromatic heterocycles. The Bertz CT molecular complexity index is 3120. The zero-order valence-corrected chi connectivity index (χ0v) is 46.6. The van der Waals surface area contributed by atoms with Gasteiger partial charge in [-0.1, -0.05) is 19.9 Å². The number of benzene rings is 2. The van der Waals surface area contributed by atoms with Crippen LogP contribution in [0.4, 0.5) is 14.0 Å². The number of halogens is 1. The molecule has 4 N–H and O–H groups in total. The number of carbonyl (C=O) groups is 4. The first-order chi connectivity index (χ1) is 35.4. The van der Waals surface area contributed by atoms with Crippen molar-refractivity contribution in [2.45, 2.75) is 127 Å². The van der Waals surface area contributed by atoms with Crippen LogP contribution < -0.4 is 15.4 Å². The lowest BCUT2D eigenvalue weighted by molar-refractivity contribution is -0.138. The lowest BCUT2D eigenvalue weighted by Crippen LogP contribution is -2.54. The molecule has 17 nitrogen and oxygen atoms in total. The smallest absolute Gasteiger partial charge is 0.407 e. The molecule has 5 fully saturated rings. The molecule has 9 heterocycles. The Morgan fingerprint density at radius 3 is 2.00 bits per heavy atom. The highest BCUT2D eigenvalue weighted by Gasteiger charge is 2.45. The molecule has 4 amide bonds. The van der Waals surface area contributed by atoms with Gasteiger partial charge in [-0.3, -0.25) is 14.2 Å². The van der Waals surface area contributed by atoms with Gasteiger partial charge in [-0.2, -0.15) is 40.5 Å². The number of aromatic amines is 2. The van der Waals surface area contributed by atoms with Crippen LogP contribution in [0.2, 0.25) is 0 Å². The Hall–Kier alpha value is -5.68. The van der Waals surface area contributed by atoms with E-state index in [0.29, 0.717) is 78.2 Å². The van der Waals surface area contributed by atoms with Crippen LogP contribution in [0.3, 0.4) is 0 Å². The SMILES string of the molecule is COC(=O)NC(C(=O)N1CCC[C@H]1c1ncc(-c2ccc3c(c2)cc2n3C(c3ccc(C4CC4)s3)Oc3cc(-c4cnc([C@@H]5CCCN5C(=O)[C@@H](NC(=O)OC)C(C)C)[nH]4)cc(F)c3-2)[nH]1)C1CC2CCC(C1)O2.S.S.S. The average molecular weight is 1120 g/mol. The Morgan fingerprint density at radius 2 is 1.37 bits per heavy atom. The summed E-state index contributed by atoms with van der Waals surface area (Å²) in [4.78, 5) is 75.5. The van der Waals surface area contributed by atoms with Crippen LogP contribution in [0.15, 0.2) is 60.9 Å². The largest absolute Gasteiger partial charge is 0.464 e. The number of imidazole rings is 2. The Morgan fingerprint density at radius 1 is 0.750 bits per heavy atom. The molecule has 2 bridgehead atoms. The maximum absolute atomic E-state index is 17.0. The molecule has 2 aromatic carbocycles. The molecule has 4 unspecified atom stereocenters. The minimum absolute atomic E-state index is 0. The summed E-state index contributed by atoms with van der Waals surface area (Å²) >= 11 is 1.73. The number of hydrogen-bond acceptors (Lipinski definition) is 11. The summed E-state index contributed by atoms with van der Waals surface area (Å²) < 4.78 is 41.9. The number of nitrogens with zero attached hydrogens (tertiary/aromatic N) is 5. The van der Waals surface area contributed by atoms with Crippen LogP contribution >= 0.6 is 51.8 Å². The van der Waals surface area contributed by atoms with Crippen molar-refractivity contribution in [1.82, 2.24) is 44.9 Å². The van der Waals surface area contributed by atoms with Gasteiger partial charge >= 0.3 is 12.2 Å². The number of ether oxygens (including phenoxy) is 4. The fraction of sp³-hybridized carbons (Fsp3) is 0.481. The lowest BCUT2D eigenvalue weighted by atomic mass is 9.87. The number of thiophene rings is 1. The molecule has 1 saturated carbocycles. The third-order valence-corrected chi connectivity index (χ3v) is 17.2. The Balaban J connectivity index is 0.00000235. The second-order valence-corrected chi connectivity index (χ2v) is 22.0. The van der Waals surface area contributed by atoms with Crippen molar-refractivity contribution in [3.8, 4) is 39.5 Å². The molecule has 7 atom stereocenters. The molecule has 6 aromatic rings. The van der Waals surface area contributed by atoms with E-state index >= 15 is 4.39 Å². The number of likely N-dealkylation sites (tertiary alicyclic amines) is 2. The number of carbonyl (C=O) groups excluding carboxylic acids is 4. The number of methoxy groups -OCH3 is 2. The average Bonchev–Trinajstić information content (AvgIpc) is 4.17. The van der Waals surface area contributed by atoms with Crippen molar-refractivity contribution >= 4 is 86.7 Å². The molecular formula is C54H66FN9O8S4. The van der Waals surface area contributed by atoms with E-state index in [4.69, 9.17) is 28.9 Å². The van der Waals surface area contributed by atoms with Crippen molar-refractivity contribution < 1.29 is 42.5 Å². The van der Waals surface area contributed by atoms with Gasteiger partial charge in [-0.05, 0) is 124 Å². The van der Waals surface area contributed by atoms with Gasteiger partial charge < -0.3 is 49.3 Å². The van der Waals surface area contributed by atoms with Gasteiger partial charge in [0.05, 0.1) is 83.9 Å². The molecule has 1 aliphatic carbocycles. The molecule has 0 radical (unpaired) electrons. The quantitative estimate of drug-likeness (QED) is 0.0915. The van der Waals surface area contributed by atoms with Crippen LogP contribution in [0.25, 0.3) is 44.7 Å². The van der Waals surface area contributed by atoms with Crippen molar-refractivity contribution in [2.75, 3.05) is 27.3 Å². The van der Waals surface area contributed by atoms with E-state index in [1.54, 1.807) is 28.6 Å². The number of nitrogens with one attached hydrogen (secondary N) is 4. The number of rotatable bonds is 12. The van der Waals surface area contributed by atoms with Crippen LogP contribution in [-0.2, 0) is 23.8 Å². The van der Waals surface area contributed by atoms with Crippen molar-refractivity contribution in [3.63, 3.8) is 0 Å². The number of aromatic nitrogens is 5. The van der Waals surface area contributed by atoms with E-state index in [-0.39, 0.29) is 88.4 Å². The second kappa shape index (κ2) is 22.4. The van der Waals surface area contributed by atoms with Crippen LogP contribution in [0, 0.1) is 17.7 Å². The summed E-state index contributed by atoms with van der Waals surface area (Å²) in [6.07, 6.45) is 10.5. The van der Waals surface area contributed by atoms with Crippen molar-refractivity contribution in [3.05, 3.63) is 88.1 Å². The van der Waals surface area contributed by atoms with Gasteiger partial charge in [-0.25, -0.2) is 23.9 Å². The van der Waals surface area contributed by atoms with Crippen LogP contribution in [0.5, 0.6) is 5.75 Å². The minimum atomic E-state index is -0.769. The summed E-state index contributed by atoms with van der Waals surface area (Å²) in [5, 5.41) is 6.48. The third kappa shape index (κ3) is 10.2. The highest BCUT2D eigenvalue weighted by molar-refractivity contribution is 7.59. The number of amides is 4. The van der Waals surface area contributed by atoms with Crippen molar-refractivity contribution in [2.24, 2.45) is 11.8 Å². The van der Waals surface area contributed by atoms with E-state index in [1.165, 1.54) is 38.0 Å². The fourth-order valence-corrected chi connectivity index (χ4v) is 13.3. The standard InChI is InChI=1S/C54H60FN9O8S.3H2S/c1-27(2)46(60-53(67)69-3)50(65)62-17-5-7-39(62)49-57-26-37(59-49)30-22-35(55)45-41-23-31-19-29(11-14-38(31)64(41)52(72-42(45)24-30)44-16-15-43(73-44)28-9-10-28)36-25-56-48(58-36)40-8-6-18-63(40)51(66)47(61-54(68)70-4)32-20-33-12-13-34(21-32)71-33;;;/h11,14-16,19,22-28,32-34,39-40,46-47,52H,5-10,12-13,17-18,20-21H2,1-4H3,(H,56,58)(H,57,59)(H,60,67)(H,61,68);3*1H2/t32?,33?,34?,39-,40-,46-,47?,52?;;;/m0.../s1. The summed E-state index contributed by atoms with van der Waals surface area (Å²) in [6, 6.07) is 13.7. The van der Waals surface area contributed by atoms with Gasteiger partial charge in [0.15, 0.2) is 0 Å². The van der Waals surface area contributed by atoms with E-state index in [9.17, 15) is 19.2 Å². The number of H-pyrrole nitrogens is 2. The molecular weight excluding hydrogens is 1050 g/mol. The minimum Gasteiger partial charge on any atom is -0.464 e. The molecule has 12 rings (SSSR count). The first-order valence-corrected chi connectivity index (χ1v) is 26.6. The van der Waals surface area contributed by atoms with Gasteiger partial charge in [0.25, 0.3) is 0 Å². The van der Waals surface area contributed by atoms with Gasteiger partial charge in [0, 0.05) is 34.5 Å². The van der Waals surface area contributed by atoms with Crippen molar-refractivity contribution in [1.29, 1.82) is 0 Å². The van der Waals surface area contributed by atoms with E-state index in [0.717, 1.165) is 59.1 Å². The van der Waals surface area contributed by atoms with Crippen LogP contribution in [-0.4, -0.2) is 110 Å². The molecule has 76 heavy (non-hydrogen) atoms. The predicted octanol–water partition coefficient (Wildman–Crippen LogP) is 9.83. The van der Waals surface area contributed by atoms with Gasteiger partial charge in [0.1, 0.15) is 35.3 Å². The zero-order valence-electron chi connectivity index (χ0n) is 42.8. The maximum atomic E-state index is 17.0. The third-order valence-electron chi connectivity index (χ3n) is 15.9. The summed E-state index contributed by atoms with van der Waals surface area (Å²) in [7, 11) is 2.59. The molecule has 0 spiro atoms. The molecule has 5 aliphatic heterocycles. The number of alkyl carbamates (subject to hydrolysis) is 2. The number of fused-ring (bicyclic) bond motifs is 7. The summed E-state index contributed by atoms with van der Waals surface area (Å²) in [5.41, 5.74) is 4.72. The first kappa shape index (κ1) is 55.1. The normalized spacial score (nSPS) is 23.1. The summed E-state index contributed by atoms with van der Waals surface area (Å²) in [5.74, 6) is 1.19. The molecule has 6 aliphatic rings. The zero-order chi connectivity index (χ0) is 50.2. The maximum Gasteiger partial charge on any atom is 0.407 e. The lowest BCUT2D eigenvalue weighted by Gasteiger charge is -2.36. The van der Waals surface area contributed by atoms with Crippen LogP contribution in [0.1, 0.15) is 124 Å². The van der Waals surface area contributed by atoms with Gasteiger partial charge in [0.2, 0.25) is 18.0 Å². The topological polar surface area (TPSA) is 198 Å². The first-order valence-electron chi connectivity index (χ1n) is 25.7. The Kier molecular flexibility index (Phi) is 16.2. The summed E-state index contributed by atoms with van der Waals surface area (Å²) in [6.45, 7) is 4.81. The Labute approximate surface area is 465 Å². The number of hydrogen-bond donors (Lipinski definition) is 4. The highest BCUT2D eigenvalue weighted by Crippen LogP contribution is 2.51. The molecule has 22 heteroatoms. The van der Waals surface area contributed by atoms with E-state index < -0.39 is 36.3 Å². The molecule has 4 saturated heterocycles. The fourth-order valence-electron chi connectivity index (χ4n) is 12.1.